The van der Waals surface area contributed by atoms with Crippen molar-refractivity contribution < 1.29 is 9.53 Å². The molecule has 7 aromatic rings. The van der Waals surface area contributed by atoms with Gasteiger partial charge in [-0.05, 0) is 138 Å². The third-order valence-corrected chi connectivity index (χ3v) is 12.7. The molecule has 0 spiro atoms. The fourth-order valence-electron chi connectivity index (χ4n) is 9.00. The molecule has 1 aliphatic heterocycles. The molecule has 8 rings (SSSR count). The molecule has 1 unspecified atom stereocenters. The van der Waals surface area contributed by atoms with Crippen molar-refractivity contribution in [2.45, 2.75) is 79.7 Å². The van der Waals surface area contributed by atoms with Crippen molar-refractivity contribution in [1.82, 2.24) is 28.9 Å². The molecule has 5 heterocycles. The van der Waals surface area contributed by atoms with Crippen LogP contribution in [0.2, 0.25) is 10.0 Å². The van der Waals surface area contributed by atoms with Crippen molar-refractivity contribution in [1.29, 1.82) is 0 Å². The molecule has 10 heteroatoms. The van der Waals surface area contributed by atoms with Gasteiger partial charge in [0, 0.05) is 87.8 Å². The maximum Gasteiger partial charge on any atom is 0.182 e. The van der Waals surface area contributed by atoms with Gasteiger partial charge in [-0.2, -0.15) is 5.10 Å². The van der Waals surface area contributed by atoms with E-state index in [0.29, 0.717) is 18.1 Å². The molecule has 0 radical (unpaired) electrons. The number of ketones is 1. The number of carbonyl (C=O) groups excluding carboxylic acids is 1. The van der Waals surface area contributed by atoms with Crippen molar-refractivity contribution in [3.05, 3.63) is 116 Å². The molecule has 0 aliphatic carbocycles. The van der Waals surface area contributed by atoms with Crippen LogP contribution in [-0.2, 0) is 26.9 Å². The van der Waals surface area contributed by atoms with Gasteiger partial charge in [-0.1, -0.05) is 29.3 Å². The maximum absolute atomic E-state index is 15.0. The second-order valence-electron chi connectivity index (χ2n) is 15.7. The van der Waals surface area contributed by atoms with Crippen LogP contribution in [0.4, 0.5) is 0 Å². The monoisotopic (exact) mass is 786 g/mol. The zero-order valence-corrected chi connectivity index (χ0v) is 34.9. The number of halogens is 2. The molecule has 0 bridgehead atoms. The Labute approximate surface area is 338 Å². The Hall–Kier alpha value is -4.92. The third-order valence-electron chi connectivity index (χ3n) is 11.8. The minimum absolute atomic E-state index is 0.0762. The SMILES string of the molecule is Cc1ccnc(-c2ccc3c(c2)c(CCC2C[C@@H](C)n4c(c(CCCOc5cc(C)c(Cl)c(C)c5)c5ccc(Cl)c(-c6c(C)nn(C)c6C)c54)C2=O)cn3C)n1. The lowest BCUT2D eigenvalue weighted by Gasteiger charge is -2.30. The van der Waals surface area contributed by atoms with Gasteiger partial charge in [0.05, 0.1) is 28.5 Å². The van der Waals surface area contributed by atoms with E-state index >= 15 is 4.79 Å². The zero-order valence-electron chi connectivity index (χ0n) is 33.4. The number of aryl methyl sites for hydroxylation is 8. The highest BCUT2D eigenvalue weighted by Gasteiger charge is 2.37. The normalized spacial score (nSPS) is 15.6. The first-order valence-electron chi connectivity index (χ1n) is 19.5. The highest BCUT2D eigenvalue weighted by molar-refractivity contribution is 6.35. The van der Waals surface area contributed by atoms with Crippen LogP contribution >= 0.6 is 23.2 Å². The highest BCUT2D eigenvalue weighted by Crippen LogP contribution is 2.46. The minimum atomic E-state index is -0.129. The van der Waals surface area contributed by atoms with Crippen molar-refractivity contribution in [3.63, 3.8) is 0 Å². The first-order chi connectivity index (χ1) is 26.8. The second-order valence-corrected chi connectivity index (χ2v) is 16.5. The molecule has 0 saturated carbocycles. The average Bonchev–Trinajstić information content (AvgIpc) is 3.76. The number of ether oxygens (including phenoxy) is 1. The Morgan fingerprint density at radius 1 is 0.911 bits per heavy atom. The van der Waals surface area contributed by atoms with E-state index < -0.39 is 0 Å². The van der Waals surface area contributed by atoms with Crippen LogP contribution in [0, 0.1) is 40.5 Å². The quantitative estimate of drug-likeness (QED) is 0.129. The van der Waals surface area contributed by atoms with Gasteiger partial charge in [0.1, 0.15) is 5.75 Å². The van der Waals surface area contributed by atoms with E-state index in [-0.39, 0.29) is 17.7 Å². The summed E-state index contributed by atoms with van der Waals surface area (Å²) in [6.45, 7) is 12.9. The van der Waals surface area contributed by atoms with Gasteiger partial charge in [-0.15, -0.1) is 0 Å². The molecule has 1 aliphatic rings. The van der Waals surface area contributed by atoms with E-state index in [1.165, 1.54) is 10.9 Å². The number of aromatic nitrogens is 6. The number of rotatable bonds is 10. The first kappa shape index (κ1) is 38.0. The summed E-state index contributed by atoms with van der Waals surface area (Å²) >= 11 is 13.6. The van der Waals surface area contributed by atoms with E-state index in [4.69, 9.17) is 33.0 Å². The largest absolute Gasteiger partial charge is 0.494 e. The molecule has 8 nitrogen and oxygen atoms in total. The van der Waals surface area contributed by atoms with Crippen molar-refractivity contribution in [3.8, 4) is 28.3 Å². The first-order valence-corrected chi connectivity index (χ1v) is 20.3. The van der Waals surface area contributed by atoms with Crippen LogP contribution in [0.15, 0.2) is 60.9 Å². The standard InChI is InChI=1S/C46H48Cl2N6O2/c1-25-20-34(21-26(2)42(25)48)56-19-9-10-35-36-14-15-38(47)41(40-29(5)51-53(8)30(40)6)43(36)54-28(4)22-31(45(55)44(35)54)11-12-33-24-52(7)39-16-13-32(23-37(33)39)46-49-18-17-27(3)50-46/h13-18,20-21,23-24,28,31H,9-12,19,22H2,1-8H3/t28-,31?/m1/s1. The summed E-state index contributed by atoms with van der Waals surface area (Å²) in [6, 6.07) is 16.5. The van der Waals surface area contributed by atoms with Gasteiger partial charge in [0.25, 0.3) is 0 Å². The molecule has 0 fully saturated rings. The predicted molar refractivity (Wildman–Crippen MR) is 228 cm³/mol. The smallest absolute Gasteiger partial charge is 0.182 e. The van der Waals surface area contributed by atoms with E-state index in [2.05, 4.69) is 70.5 Å². The summed E-state index contributed by atoms with van der Waals surface area (Å²) in [6.07, 6.45) is 7.73. The van der Waals surface area contributed by atoms with Gasteiger partial charge in [-0.3, -0.25) is 9.48 Å². The molecule has 0 saturated heterocycles. The van der Waals surface area contributed by atoms with Crippen LogP contribution in [0.3, 0.4) is 0 Å². The molecular weight excluding hydrogens is 739 g/mol. The van der Waals surface area contributed by atoms with E-state index in [1.54, 1.807) is 0 Å². The Bertz CT molecular complexity index is 2660. The summed E-state index contributed by atoms with van der Waals surface area (Å²) < 4.78 is 12.7. The molecule has 2 atom stereocenters. The van der Waals surface area contributed by atoms with Crippen LogP contribution in [0.1, 0.15) is 82.1 Å². The number of Topliss-reactive ketones (excluding diaryl/α,β-unsaturated/α-hetero) is 1. The maximum atomic E-state index is 15.0. The number of nitrogens with zero attached hydrogens (tertiary/aromatic N) is 6. The summed E-state index contributed by atoms with van der Waals surface area (Å²) in [5, 5.41) is 8.43. The van der Waals surface area contributed by atoms with Crippen molar-refractivity contribution in [2.75, 3.05) is 6.61 Å². The van der Waals surface area contributed by atoms with Gasteiger partial charge in [-0.25, -0.2) is 9.97 Å². The fourth-order valence-corrected chi connectivity index (χ4v) is 9.36. The summed E-state index contributed by atoms with van der Waals surface area (Å²) in [5.41, 5.74) is 13.1. The topological polar surface area (TPSA) is 79.8 Å². The Morgan fingerprint density at radius 3 is 2.39 bits per heavy atom. The van der Waals surface area contributed by atoms with Crippen LogP contribution < -0.4 is 4.74 Å². The number of fused-ring (bicyclic) bond motifs is 4. The van der Waals surface area contributed by atoms with Gasteiger partial charge < -0.3 is 13.9 Å². The average molecular weight is 788 g/mol. The number of hydrogen-bond acceptors (Lipinski definition) is 5. The van der Waals surface area contributed by atoms with Crippen LogP contribution in [0.5, 0.6) is 5.75 Å². The fraction of sp³-hybridized carbons (Fsp3) is 0.348. The minimum Gasteiger partial charge on any atom is -0.494 e. The molecule has 56 heavy (non-hydrogen) atoms. The third kappa shape index (κ3) is 6.60. The number of benzene rings is 3. The molecule has 0 amide bonds. The lowest BCUT2D eigenvalue weighted by atomic mass is 9.84. The lowest BCUT2D eigenvalue weighted by molar-refractivity contribution is 0.0854. The predicted octanol–water partition coefficient (Wildman–Crippen LogP) is 11.2. The number of carbonyl (C=O) groups is 1. The highest BCUT2D eigenvalue weighted by atomic mass is 35.5. The van der Waals surface area contributed by atoms with Gasteiger partial charge >= 0.3 is 0 Å². The summed E-state index contributed by atoms with van der Waals surface area (Å²) in [4.78, 5) is 24.2. The molecule has 4 aromatic heterocycles. The van der Waals surface area contributed by atoms with Crippen molar-refractivity contribution >= 4 is 50.8 Å². The number of hydrogen-bond donors (Lipinski definition) is 0. The van der Waals surface area contributed by atoms with Crippen LogP contribution in [0.25, 0.3) is 44.3 Å². The molecule has 3 aromatic carbocycles. The van der Waals surface area contributed by atoms with Gasteiger partial charge in [0.2, 0.25) is 0 Å². The Morgan fingerprint density at radius 2 is 1.68 bits per heavy atom. The van der Waals surface area contributed by atoms with Crippen LogP contribution in [-0.4, -0.2) is 41.3 Å². The Balaban J connectivity index is 1.16. The molecule has 0 N–H and O–H groups in total. The molecule has 288 valence electrons. The second kappa shape index (κ2) is 14.9. The lowest BCUT2D eigenvalue weighted by Crippen LogP contribution is -2.30. The van der Waals surface area contributed by atoms with Gasteiger partial charge in [0.15, 0.2) is 11.6 Å². The zero-order chi connectivity index (χ0) is 39.6. The van der Waals surface area contributed by atoms with E-state index in [9.17, 15) is 0 Å². The van der Waals surface area contributed by atoms with E-state index in [0.717, 1.165) is 115 Å². The van der Waals surface area contributed by atoms with Crippen molar-refractivity contribution in [2.24, 2.45) is 20.0 Å². The van der Waals surface area contributed by atoms with E-state index in [1.807, 2.05) is 69.9 Å². The summed E-state index contributed by atoms with van der Waals surface area (Å²) in [7, 11) is 4.05. The molecular formula is C46H48Cl2N6O2. The Kier molecular flexibility index (Phi) is 10.1. The summed E-state index contributed by atoms with van der Waals surface area (Å²) in [5.74, 6) is 1.60.